The average molecular weight is 515 g/mol. The van der Waals surface area contributed by atoms with Gasteiger partial charge in [0.25, 0.3) is 0 Å². The summed E-state index contributed by atoms with van der Waals surface area (Å²) in [6.45, 7) is 1.25. The smallest absolute Gasteiger partial charge is 0.246 e. The maximum Gasteiger partial charge on any atom is 0.246 e. The number of aromatic nitrogens is 3. The topological polar surface area (TPSA) is 75.7 Å². The number of nitrogens with zero attached hydrogens (tertiary/aromatic N) is 4. The van der Waals surface area contributed by atoms with Crippen LogP contribution in [-0.2, 0) is 4.79 Å². The summed E-state index contributed by atoms with van der Waals surface area (Å²) >= 11 is 9.89. The van der Waals surface area contributed by atoms with Crippen LogP contribution in [0, 0.1) is 0 Å². The van der Waals surface area contributed by atoms with Crippen LogP contribution in [0.3, 0.4) is 0 Å². The Morgan fingerprint density at radius 3 is 2.94 bits per heavy atom. The molecule has 0 atom stereocenters. The quantitative estimate of drug-likeness (QED) is 0.252. The van der Waals surface area contributed by atoms with Gasteiger partial charge in [-0.1, -0.05) is 29.8 Å². The predicted octanol–water partition coefficient (Wildman–Crippen LogP) is 5.38. The fraction of sp³-hybridized carbons (Fsp3) is 0.174. The van der Waals surface area contributed by atoms with Crippen molar-refractivity contribution in [3.63, 3.8) is 0 Å². The third kappa shape index (κ3) is 5.03. The molecule has 0 aliphatic heterocycles. The van der Waals surface area contributed by atoms with Crippen molar-refractivity contribution < 1.29 is 9.21 Å². The third-order valence-corrected chi connectivity index (χ3v) is 5.75. The summed E-state index contributed by atoms with van der Waals surface area (Å²) < 4.78 is 7.74. The van der Waals surface area contributed by atoms with Crippen LogP contribution < -0.4 is 5.32 Å². The number of carbonyl (C=O) groups is 1. The number of hydrogen-bond acceptors (Lipinski definition) is 5. The lowest BCUT2D eigenvalue weighted by Gasteiger charge is -2.16. The van der Waals surface area contributed by atoms with Crippen molar-refractivity contribution in [2.24, 2.45) is 0 Å². The van der Waals surface area contributed by atoms with Crippen LogP contribution in [0.1, 0.15) is 12.2 Å². The Kier molecular flexibility index (Phi) is 6.92. The number of halogens is 2. The molecule has 0 radical (unpaired) electrons. The fourth-order valence-corrected chi connectivity index (χ4v) is 3.76. The van der Waals surface area contributed by atoms with Crippen molar-refractivity contribution >= 4 is 51.0 Å². The normalized spacial score (nSPS) is 11.3. The van der Waals surface area contributed by atoms with Gasteiger partial charge in [0.1, 0.15) is 11.6 Å². The molecular formula is C23H21BrClN5O2. The summed E-state index contributed by atoms with van der Waals surface area (Å²) in [4.78, 5) is 18.6. The van der Waals surface area contributed by atoms with E-state index >= 15 is 0 Å². The maximum atomic E-state index is 12.3. The van der Waals surface area contributed by atoms with Gasteiger partial charge in [-0.15, -0.1) is 0 Å². The molecule has 3 aromatic heterocycles. The Bertz CT molecular complexity index is 1250. The summed E-state index contributed by atoms with van der Waals surface area (Å²) in [7, 11) is 1.78. The Morgan fingerprint density at radius 1 is 1.31 bits per heavy atom. The first-order valence-corrected chi connectivity index (χ1v) is 11.2. The van der Waals surface area contributed by atoms with Gasteiger partial charge in [0, 0.05) is 42.9 Å². The van der Waals surface area contributed by atoms with Crippen LogP contribution in [0.5, 0.6) is 0 Å². The van der Waals surface area contributed by atoms with Gasteiger partial charge in [-0.05, 0) is 46.6 Å². The Labute approximate surface area is 198 Å². The SMILES string of the molecule is CN(CCCNc1cc(-c2ccccc2Cl)nc2c(Br)cnn12)C(=O)C=Cc1ccco1. The molecule has 32 heavy (non-hydrogen) atoms. The molecule has 0 spiro atoms. The molecule has 4 rings (SSSR count). The van der Waals surface area contributed by atoms with E-state index in [-0.39, 0.29) is 5.91 Å². The number of likely N-dealkylation sites (N-methyl/N-ethyl adjacent to an activating group) is 1. The van der Waals surface area contributed by atoms with E-state index in [0.717, 1.165) is 28.0 Å². The highest BCUT2D eigenvalue weighted by Gasteiger charge is 2.13. The Hall–Kier alpha value is -3.10. The van der Waals surface area contributed by atoms with Gasteiger partial charge in [-0.25, -0.2) is 4.98 Å². The molecule has 1 N–H and O–H groups in total. The summed E-state index contributed by atoms with van der Waals surface area (Å²) in [6, 6.07) is 13.1. The molecule has 164 valence electrons. The molecule has 0 saturated heterocycles. The monoisotopic (exact) mass is 513 g/mol. The van der Waals surface area contributed by atoms with Crippen LogP contribution in [0.25, 0.3) is 23.0 Å². The van der Waals surface area contributed by atoms with E-state index in [9.17, 15) is 4.79 Å². The highest BCUT2D eigenvalue weighted by molar-refractivity contribution is 9.10. The standard InChI is InChI=1S/C23H21BrClN5O2/c1-29(22(31)10-9-16-6-4-13-32-16)12-5-11-26-21-14-20(17-7-2-3-8-19(17)25)28-23-18(24)15-27-30(21)23/h2-4,6-10,13-15,26H,5,11-12H2,1H3. The lowest BCUT2D eigenvalue weighted by molar-refractivity contribution is -0.124. The van der Waals surface area contributed by atoms with Gasteiger partial charge in [-0.2, -0.15) is 9.61 Å². The zero-order valence-corrected chi connectivity index (χ0v) is 19.7. The highest BCUT2D eigenvalue weighted by Crippen LogP contribution is 2.30. The number of nitrogens with one attached hydrogen (secondary N) is 1. The molecule has 0 fully saturated rings. The molecule has 1 amide bonds. The van der Waals surface area contributed by atoms with Crippen LogP contribution in [0.15, 0.2) is 69.9 Å². The van der Waals surface area contributed by atoms with Crippen LogP contribution in [0.2, 0.25) is 5.02 Å². The number of furan rings is 1. The third-order valence-electron chi connectivity index (χ3n) is 4.86. The minimum Gasteiger partial charge on any atom is -0.465 e. The van der Waals surface area contributed by atoms with E-state index < -0.39 is 0 Å². The maximum absolute atomic E-state index is 12.3. The first-order chi connectivity index (χ1) is 15.5. The fourth-order valence-electron chi connectivity index (χ4n) is 3.18. The van der Waals surface area contributed by atoms with Crippen molar-refractivity contribution in [1.82, 2.24) is 19.5 Å². The van der Waals surface area contributed by atoms with Gasteiger partial charge < -0.3 is 14.6 Å². The number of rotatable bonds is 8. The number of benzene rings is 1. The van der Waals surface area contributed by atoms with E-state index in [2.05, 4.69) is 26.3 Å². The highest BCUT2D eigenvalue weighted by atomic mass is 79.9. The number of carbonyl (C=O) groups excluding carboxylic acids is 1. The molecule has 3 heterocycles. The Morgan fingerprint density at radius 2 is 2.16 bits per heavy atom. The molecule has 0 unspecified atom stereocenters. The molecule has 0 bridgehead atoms. The summed E-state index contributed by atoms with van der Waals surface area (Å²) in [5.41, 5.74) is 2.30. The van der Waals surface area contributed by atoms with E-state index in [1.165, 1.54) is 6.08 Å². The molecule has 0 aliphatic carbocycles. The molecule has 0 saturated carbocycles. The summed E-state index contributed by atoms with van der Waals surface area (Å²) in [6.07, 6.45) is 7.21. The van der Waals surface area contributed by atoms with Gasteiger partial charge in [0.2, 0.25) is 5.91 Å². The van der Waals surface area contributed by atoms with Crippen LogP contribution >= 0.6 is 27.5 Å². The van der Waals surface area contributed by atoms with Gasteiger partial charge in [0.05, 0.1) is 22.6 Å². The number of amides is 1. The van der Waals surface area contributed by atoms with Crippen LogP contribution in [0.4, 0.5) is 5.82 Å². The number of fused-ring (bicyclic) bond motifs is 1. The molecule has 7 nitrogen and oxygen atoms in total. The first-order valence-electron chi connectivity index (χ1n) is 10.0. The lowest BCUT2D eigenvalue weighted by Crippen LogP contribution is -2.27. The second-order valence-corrected chi connectivity index (χ2v) is 8.38. The minimum absolute atomic E-state index is 0.0790. The molecule has 9 heteroatoms. The van der Waals surface area contributed by atoms with E-state index in [1.54, 1.807) is 47.1 Å². The van der Waals surface area contributed by atoms with Crippen molar-refractivity contribution in [3.8, 4) is 11.3 Å². The van der Waals surface area contributed by atoms with Crippen molar-refractivity contribution in [1.29, 1.82) is 0 Å². The number of hydrogen-bond donors (Lipinski definition) is 1. The molecular weight excluding hydrogens is 494 g/mol. The second kappa shape index (κ2) is 10.0. The molecule has 4 aromatic rings. The summed E-state index contributed by atoms with van der Waals surface area (Å²) in [5.74, 6) is 1.36. The van der Waals surface area contributed by atoms with Crippen molar-refractivity contribution in [3.05, 3.63) is 76.3 Å². The van der Waals surface area contributed by atoms with E-state index in [4.69, 9.17) is 21.0 Å². The van der Waals surface area contributed by atoms with E-state index in [1.807, 2.05) is 30.3 Å². The van der Waals surface area contributed by atoms with Crippen molar-refractivity contribution in [2.45, 2.75) is 6.42 Å². The lowest BCUT2D eigenvalue weighted by atomic mass is 10.1. The zero-order valence-electron chi connectivity index (χ0n) is 17.3. The summed E-state index contributed by atoms with van der Waals surface area (Å²) in [5, 5.41) is 8.43. The largest absolute Gasteiger partial charge is 0.465 e. The minimum atomic E-state index is -0.0790. The predicted molar refractivity (Wildman–Crippen MR) is 130 cm³/mol. The van der Waals surface area contributed by atoms with Crippen LogP contribution in [-0.4, -0.2) is 45.5 Å². The molecule has 1 aromatic carbocycles. The number of anilines is 1. The van der Waals surface area contributed by atoms with E-state index in [0.29, 0.717) is 29.5 Å². The second-order valence-electron chi connectivity index (χ2n) is 7.12. The molecule has 0 aliphatic rings. The van der Waals surface area contributed by atoms with Gasteiger partial charge in [0.15, 0.2) is 5.65 Å². The zero-order chi connectivity index (χ0) is 22.5. The average Bonchev–Trinajstić information content (AvgIpc) is 3.45. The first kappa shape index (κ1) is 22.1. The van der Waals surface area contributed by atoms with Gasteiger partial charge >= 0.3 is 0 Å². The van der Waals surface area contributed by atoms with Crippen molar-refractivity contribution in [2.75, 3.05) is 25.5 Å². The van der Waals surface area contributed by atoms with Gasteiger partial charge in [-0.3, -0.25) is 4.79 Å². The Balaban J connectivity index is 1.42.